The Kier molecular flexibility index (Phi) is 5.34. The molecule has 0 heterocycles. The number of rotatable bonds is 5. The molecule has 2 atom stereocenters. The number of allylic oxidation sites excluding steroid dienone is 3. The van der Waals surface area contributed by atoms with Crippen molar-refractivity contribution in [2.75, 3.05) is 0 Å². The van der Waals surface area contributed by atoms with Crippen LogP contribution in [0, 0.1) is 17.3 Å². The molecule has 0 amide bonds. The third kappa shape index (κ3) is 4.24. The molecule has 15 heavy (non-hydrogen) atoms. The Morgan fingerprint density at radius 2 is 1.73 bits per heavy atom. The summed E-state index contributed by atoms with van der Waals surface area (Å²) in [5.41, 5.74) is 3.06. The van der Waals surface area contributed by atoms with Crippen molar-refractivity contribution in [3.63, 3.8) is 0 Å². The van der Waals surface area contributed by atoms with Gasteiger partial charge in [-0.1, -0.05) is 57.9 Å². The van der Waals surface area contributed by atoms with Crippen molar-refractivity contribution in [3.05, 3.63) is 23.8 Å². The summed E-state index contributed by atoms with van der Waals surface area (Å²) < 4.78 is 0. The molecule has 0 aliphatic carbocycles. The minimum absolute atomic E-state index is 0.357. The highest BCUT2D eigenvalue weighted by atomic mass is 14.3. The third-order valence-corrected chi connectivity index (χ3v) is 3.64. The Bertz CT molecular complexity index is 239. The first kappa shape index (κ1) is 14.5. The fraction of sp³-hybridized carbons (Fsp3) is 0.733. The van der Waals surface area contributed by atoms with E-state index >= 15 is 0 Å². The second-order valence-electron chi connectivity index (χ2n) is 5.75. The van der Waals surface area contributed by atoms with Crippen molar-refractivity contribution >= 4 is 0 Å². The van der Waals surface area contributed by atoms with Crippen LogP contribution in [0.4, 0.5) is 0 Å². The highest BCUT2D eigenvalue weighted by Gasteiger charge is 2.30. The van der Waals surface area contributed by atoms with Gasteiger partial charge in [0.1, 0.15) is 0 Å². The van der Waals surface area contributed by atoms with E-state index in [1.807, 2.05) is 0 Å². The summed E-state index contributed by atoms with van der Waals surface area (Å²) in [6, 6.07) is 0. The molecule has 88 valence electrons. The van der Waals surface area contributed by atoms with Crippen LogP contribution < -0.4 is 0 Å². The van der Waals surface area contributed by atoms with Crippen LogP contribution in [0.1, 0.15) is 54.9 Å². The normalized spacial score (nSPS) is 15.7. The monoisotopic (exact) mass is 208 g/mol. The van der Waals surface area contributed by atoms with Crippen molar-refractivity contribution in [3.8, 4) is 0 Å². The van der Waals surface area contributed by atoms with Crippen LogP contribution in [0.25, 0.3) is 0 Å². The molecule has 0 N–H and O–H groups in total. The van der Waals surface area contributed by atoms with Crippen molar-refractivity contribution in [2.24, 2.45) is 17.3 Å². The van der Waals surface area contributed by atoms with Crippen LogP contribution >= 0.6 is 0 Å². The van der Waals surface area contributed by atoms with E-state index in [9.17, 15) is 0 Å². The molecule has 0 aliphatic heterocycles. The molecule has 0 aromatic carbocycles. The lowest BCUT2D eigenvalue weighted by molar-refractivity contribution is 0.203. The van der Waals surface area contributed by atoms with Gasteiger partial charge in [-0.2, -0.15) is 0 Å². The summed E-state index contributed by atoms with van der Waals surface area (Å²) >= 11 is 0. The van der Waals surface area contributed by atoms with Crippen molar-refractivity contribution in [2.45, 2.75) is 54.9 Å². The Hall–Kier alpha value is -0.520. The first-order valence-electron chi connectivity index (χ1n) is 6.02. The number of hydrogen-bond acceptors (Lipinski definition) is 0. The lowest BCUT2D eigenvalue weighted by Crippen LogP contribution is -2.28. The zero-order chi connectivity index (χ0) is 12.2. The second kappa shape index (κ2) is 5.53. The smallest absolute Gasteiger partial charge is 0.0117 e. The molecule has 0 radical (unpaired) electrons. The van der Waals surface area contributed by atoms with Crippen LogP contribution in [-0.4, -0.2) is 0 Å². The van der Waals surface area contributed by atoms with Crippen molar-refractivity contribution < 1.29 is 0 Å². The van der Waals surface area contributed by atoms with E-state index in [-0.39, 0.29) is 0 Å². The van der Waals surface area contributed by atoms with Crippen LogP contribution in [0.5, 0.6) is 0 Å². The molecule has 0 saturated carbocycles. The maximum absolute atomic E-state index is 4.10. The van der Waals surface area contributed by atoms with E-state index < -0.39 is 0 Å². The van der Waals surface area contributed by atoms with Gasteiger partial charge < -0.3 is 0 Å². The molecule has 2 unspecified atom stereocenters. The molecule has 0 aromatic heterocycles. The average molecular weight is 208 g/mol. The summed E-state index contributed by atoms with van der Waals surface area (Å²) in [6.07, 6.45) is 3.63. The Balaban J connectivity index is 5.06. The zero-order valence-electron chi connectivity index (χ0n) is 11.6. The molecular weight excluding hydrogens is 180 g/mol. The molecular formula is C15H28. The lowest BCUT2D eigenvalue weighted by atomic mass is 9.68. The van der Waals surface area contributed by atoms with Gasteiger partial charge in [0.15, 0.2) is 0 Å². The van der Waals surface area contributed by atoms with Gasteiger partial charge in [-0.25, -0.2) is 0 Å². The highest BCUT2D eigenvalue weighted by Crippen LogP contribution is 2.39. The summed E-state index contributed by atoms with van der Waals surface area (Å²) in [7, 11) is 0. The lowest BCUT2D eigenvalue weighted by Gasteiger charge is -2.36. The first-order chi connectivity index (χ1) is 6.72. The molecule has 0 spiro atoms. The molecule has 0 nitrogen and oxygen atoms in total. The fourth-order valence-corrected chi connectivity index (χ4v) is 1.95. The van der Waals surface area contributed by atoms with Gasteiger partial charge in [0.25, 0.3) is 0 Å². The minimum Gasteiger partial charge on any atom is -0.0998 e. The van der Waals surface area contributed by atoms with Crippen LogP contribution in [0.2, 0.25) is 0 Å². The van der Waals surface area contributed by atoms with E-state index in [1.54, 1.807) is 0 Å². The van der Waals surface area contributed by atoms with Gasteiger partial charge in [0, 0.05) is 0 Å². The van der Waals surface area contributed by atoms with E-state index in [2.05, 4.69) is 61.1 Å². The Morgan fingerprint density at radius 3 is 2.00 bits per heavy atom. The molecule has 0 heteroatoms. The van der Waals surface area contributed by atoms with E-state index in [1.165, 1.54) is 17.6 Å². The van der Waals surface area contributed by atoms with E-state index in [0.29, 0.717) is 17.3 Å². The van der Waals surface area contributed by atoms with Gasteiger partial charge in [-0.15, -0.1) is 0 Å². The van der Waals surface area contributed by atoms with Crippen LogP contribution in [-0.2, 0) is 0 Å². The van der Waals surface area contributed by atoms with Gasteiger partial charge >= 0.3 is 0 Å². The summed E-state index contributed by atoms with van der Waals surface area (Å²) in [5.74, 6) is 1.17. The predicted octanol–water partition coefficient (Wildman–Crippen LogP) is 5.22. The largest absolute Gasteiger partial charge is 0.0998 e. The zero-order valence-corrected chi connectivity index (χ0v) is 11.6. The van der Waals surface area contributed by atoms with Crippen molar-refractivity contribution in [1.82, 2.24) is 0 Å². The highest BCUT2D eigenvalue weighted by molar-refractivity contribution is 5.09. The second-order valence-corrected chi connectivity index (χ2v) is 5.75. The van der Waals surface area contributed by atoms with Gasteiger partial charge in [0.2, 0.25) is 0 Å². The molecule has 0 aromatic rings. The molecule has 0 bridgehead atoms. The summed E-state index contributed by atoms with van der Waals surface area (Å²) in [6.45, 7) is 19.9. The molecule has 0 fully saturated rings. The third-order valence-electron chi connectivity index (χ3n) is 3.64. The fourth-order valence-electron chi connectivity index (χ4n) is 1.95. The van der Waals surface area contributed by atoms with Gasteiger partial charge in [-0.3, -0.25) is 0 Å². The SMILES string of the molecule is C=C(C)C(C)C(C=C(C)C)C(C)(C)CC. The quantitative estimate of drug-likeness (QED) is 0.544. The van der Waals surface area contributed by atoms with E-state index in [0.717, 1.165) is 0 Å². The maximum atomic E-state index is 4.10. The van der Waals surface area contributed by atoms with E-state index in [4.69, 9.17) is 0 Å². The summed E-state index contributed by atoms with van der Waals surface area (Å²) in [4.78, 5) is 0. The molecule has 0 aliphatic rings. The van der Waals surface area contributed by atoms with Crippen molar-refractivity contribution in [1.29, 1.82) is 0 Å². The Labute approximate surface area is 96.5 Å². The topological polar surface area (TPSA) is 0 Å². The van der Waals surface area contributed by atoms with Gasteiger partial charge in [0.05, 0.1) is 0 Å². The Morgan fingerprint density at radius 1 is 1.27 bits per heavy atom. The standard InChI is InChI=1S/C15H28/c1-9-15(7,8)14(10-11(2)3)13(6)12(4)5/h10,13-14H,4,9H2,1-3,5-8H3. The molecule has 0 saturated heterocycles. The minimum atomic E-state index is 0.357. The summed E-state index contributed by atoms with van der Waals surface area (Å²) in [5, 5.41) is 0. The molecule has 0 rings (SSSR count). The number of hydrogen-bond donors (Lipinski definition) is 0. The maximum Gasteiger partial charge on any atom is -0.0117 e. The van der Waals surface area contributed by atoms with Crippen LogP contribution in [0.3, 0.4) is 0 Å². The first-order valence-corrected chi connectivity index (χ1v) is 6.02. The average Bonchev–Trinajstić information content (AvgIpc) is 2.12. The van der Waals surface area contributed by atoms with Gasteiger partial charge in [-0.05, 0) is 38.0 Å². The predicted molar refractivity (Wildman–Crippen MR) is 71.0 cm³/mol. The van der Waals surface area contributed by atoms with Crippen LogP contribution in [0.15, 0.2) is 23.8 Å².